The number of benzene rings is 1. The Morgan fingerprint density at radius 1 is 1.22 bits per heavy atom. The molecule has 0 unspecified atom stereocenters. The average Bonchev–Trinajstić information content (AvgIpc) is 2.89. The van der Waals surface area contributed by atoms with Crippen molar-refractivity contribution < 1.29 is 23.1 Å². The van der Waals surface area contributed by atoms with Gasteiger partial charge in [0.2, 0.25) is 5.91 Å². The van der Waals surface area contributed by atoms with Crippen molar-refractivity contribution in [3.8, 4) is 5.75 Å². The Labute approximate surface area is 154 Å². The fraction of sp³-hybridized carbons (Fsp3) is 0.389. The van der Waals surface area contributed by atoms with E-state index < -0.39 is 23.3 Å². The average molecular weight is 378 g/mol. The Bertz CT molecular complexity index is 858. The monoisotopic (exact) mass is 378 g/mol. The molecule has 0 bridgehead atoms. The number of hydrogen-bond acceptors (Lipinski definition) is 4. The number of aromatic nitrogens is 2. The van der Waals surface area contributed by atoms with Crippen LogP contribution in [0.5, 0.6) is 5.75 Å². The number of ether oxygens (including phenoxy) is 1. The highest BCUT2D eigenvalue weighted by molar-refractivity contribution is 5.94. The van der Waals surface area contributed by atoms with Gasteiger partial charge in [-0.15, -0.1) is 0 Å². The number of aryl methyl sites for hydroxylation is 1. The number of carbonyl (C=O) groups is 2. The predicted octanol–water partition coefficient (Wildman–Crippen LogP) is 1.85. The second kappa shape index (κ2) is 7.73. The Balaban J connectivity index is 1.68. The van der Waals surface area contributed by atoms with E-state index in [1.807, 2.05) is 10.7 Å². The molecule has 3 rings (SSSR count). The molecule has 1 aliphatic heterocycles. The summed E-state index contributed by atoms with van der Waals surface area (Å²) in [6, 6.07) is 3.66. The van der Waals surface area contributed by atoms with Gasteiger partial charge in [0.05, 0.1) is 31.6 Å². The number of methoxy groups -OCH3 is 1. The molecule has 0 radical (unpaired) electrons. The lowest BCUT2D eigenvalue weighted by atomic mass is 10.2. The van der Waals surface area contributed by atoms with Crippen LogP contribution < -0.4 is 10.1 Å². The number of nitrogens with one attached hydrogen (secondary N) is 1. The van der Waals surface area contributed by atoms with Gasteiger partial charge in [-0.3, -0.25) is 14.3 Å². The summed E-state index contributed by atoms with van der Waals surface area (Å²) in [5, 5.41) is 7.02. The molecule has 0 saturated carbocycles. The first-order valence-corrected chi connectivity index (χ1v) is 8.51. The smallest absolute Gasteiger partial charge is 0.251 e. The highest BCUT2D eigenvalue weighted by Crippen LogP contribution is 2.22. The molecule has 2 heterocycles. The Morgan fingerprint density at radius 2 is 1.93 bits per heavy atom. The van der Waals surface area contributed by atoms with Crippen LogP contribution in [0.2, 0.25) is 0 Å². The summed E-state index contributed by atoms with van der Waals surface area (Å²) in [5.74, 6) is -3.03. The van der Waals surface area contributed by atoms with Crippen LogP contribution in [-0.4, -0.2) is 40.1 Å². The van der Waals surface area contributed by atoms with Gasteiger partial charge in [0, 0.05) is 25.6 Å². The molecule has 1 N–H and O–H groups in total. The molecule has 7 nitrogen and oxygen atoms in total. The van der Waals surface area contributed by atoms with Gasteiger partial charge < -0.3 is 15.0 Å². The molecule has 0 aliphatic carbocycles. The lowest BCUT2D eigenvalue weighted by Crippen LogP contribution is -2.28. The van der Waals surface area contributed by atoms with Gasteiger partial charge in [-0.1, -0.05) is 0 Å². The zero-order valence-corrected chi connectivity index (χ0v) is 15.1. The first kappa shape index (κ1) is 18.8. The van der Waals surface area contributed by atoms with Crippen molar-refractivity contribution in [2.45, 2.75) is 33.0 Å². The van der Waals surface area contributed by atoms with Crippen molar-refractivity contribution in [1.82, 2.24) is 20.0 Å². The molecule has 0 spiro atoms. The van der Waals surface area contributed by atoms with Crippen LogP contribution in [0.25, 0.3) is 0 Å². The zero-order valence-electron chi connectivity index (χ0n) is 15.1. The van der Waals surface area contributed by atoms with Gasteiger partial charge in [0.1, 0.15) is 0 Å². The number of hydrogen-bond donors (Lipinski definition) is 1. The highest BCUT2D eigenvalue weighted by atomic mass is 19.1. The first-order valence-electron chi connectivity index (χ1n) is 8.51. The van der Waals surface area contributed by atoms with Crippen LogP contribution in [0.4, 0.5) is 8.78 Å². The fourth-order valence-electron chi connectivity index (χ4n) is 3.04. The lowest BCUT2D eigenvalue weighted by molar-refractivity contribution is -0.129. The van der Waals surface area contributed by atoms with Crippen molar-refractivity contribution in [3.05, 3.63) is 46.8 Å². The van der Waals surface area contributed by atoms with E-state index in [-0.39, 0.29) is 18.0 Å². The maximum atomic E-state index is 13.7. The minimum absolute atomic E-state index is 0.00283. The second-order valence-electron chi connectivity index (χ2n) is 6.30. The Hall–Kier alpha value is -2.97. The van der Waals surface area contributed by atoms with E-state index >= 15 is 0 Å². The summed E-state index contributed by atoms with van der Waals surface area (Å²) in [5.41, 5.74) is 1.35. The number of fused-ring (bicyclic) bond motifs is 1. The Morgan fingerprint density at radius 3 is 2.56 bits per heavy atom. The van der Waals surface area contributed by atoms with Crippen LogP contribution >= 0.6 is 0 Å². The summed E-state index contributed by atoms with van der Waals surface area (Å²) < 4.78 is 33.9. The van der Waals surface area contributed by atoms with Crippen molar-refractivity contribution in [2.24, 2.45) is 0 Å². The van der Waals surface area contributed by atoms with Crippen LogP contribution in [0.3, 0.4) is 0 Å². The molecule has 1 aromatic heterocycles. The maximum absolute atomic E-state index is 13.7. The third-order valence-corrected chi connectivity index (χ3v) is 4.40. The van der Waals surface area contributed by atoms with Crippen molar-refractivity contribution >= 4 is 11.8 Å². The van der Waals surface area contributed by atoms with Crippen LogP contribution in [0, 0.1) is 11.6 Å². The van der Waals surface area contributed by atoms with E-state index in [0.717, 1.165) is 31.4 Å². The number of rotatable bonds is 4. The lowest BCUT2D eigenvalue weighted by Gasteiger charge is -2.17. The number of halogens is 2. The van der Waals surface area contributed by atoms with Crippen molar-refractivity contribution in [1.29, 1.82) is 0 Å². The molecular weight excluding hydrogens is 358 g/mol. The van der Waals surface area contributed by atoms with Gasteiger partial charge in [0.15, 0.2) is 17.4 Å². The molecule has 0 fully saturated rings. The molecular formula is C18H20F2N4O3. The van der Waals surface area contributed by atoms with Crippen molar-refractivity contribution in [3.63, 3.8) is 0 Å². The Kier molecular flexibility index (Phi) is 5.38. The minimum atomic E-state index is -0.944. The third-order valence-electron chi connectivity index (χ3n) is 4.40. The van der Waals surface area contributed by atoms with Crippen LogP contribution in [-0.2, 0) is 24.4 Å². The molecule has 2 aromatic rings. The summed E-state index contributed by atoms with van der Waals surface area (Å²) in [6.45, 7) is 3.46. The predicted molar refractivity (Wildman–Crippen MR) is 92.0 cm³/mol. The highest BCUT2D eigenvalue weighted by Gasteiger charge is 2.19. The maximum Gasteiger partial charge on any atom is 0.251 e. The van der Waals surface area contributed by atoms with Gasteiger partial charge >= 0.3 is 0 Å². The molecule has 2 amide bonds. The molecule has 9 heteroatoms. The number of nitrogens with zero attached hydrogens (tertiary/aromatic N) is 3. The minimum Gasteiger partial charge on any atom is -0.491 e. The first-order chi connectivity index (χ1) is 12.9. The van der Waals surface area contributed by atoms with E-state index in [9.17, 15) is 18.4 Å². The zero-order chi connectivity index (χ0) is 19.6. The molecule has 144 valence electrons. The quantitative estimate of drug-likeness (QED) is 0.881. The van der Waals surface area contributed by atoms with Gasteiger partial charge in [-0.25, -0.2) is 8.78 Å². The van der Waals surface area contributed by atoms with Crippen molar-refractivity contribution in [2.75, 3.05) is 13.7 Å². The van der Waals surface area contributed by atoms with E-state index in [1.165, 1.54) is 6.92 Å². The van der Waals surface area contributed by atoms with Gasteiger partial charge in [0.25, 0.3) is 5.91 Å². The summed E-state index contributed by atoms with van der Waals surface area (Å²) in [6.07, 6.45) is 0.796. The van der Waals surface area contributed by atoms with Crippen LogP contribution in [0.1, 0.15) is 35.1 Å². The standard InChI is InChI=1S/C18H20F2N4O3/c1-11(25)23-4-3-5-24-14(10-23)8-13(22-24)9-21-18(26)12-6-15(19)17(27-2)16(20)7-12/h6-8H,3-5,9-10H2,1-2H3,(H,21,26). The van der Waals surface area contributed by atoms with E-state index in [2.05, 4.69) is 15.2 Å². The number of carbonyl (C=O) groups excluding carboxylic acids is 2. The normalized spacial score (nSPS) is 13.7. The third kappa shape index (κ3) is 4.07. The fourth-order valence-corrected chi connectivity index (χ4v) is 3.04. The van der Waals surface area contributed by atoms with Gasteiger partial charge in [-0.05, 0) is 24.6 Å². The van der Waals surface area contributed by atoms with Gasteiger partial charge in [-0.2, -0.15) is 5.10 Å². The summed E-state index contributed by atoms with van der Waals surface area (Å²) >= 11 is 0. The molecule has 27 heavy (non-hydrogen) atoms. The second-order valence-corrected chi connectivity index (χ2v) is 6.30. The summed E-state index contributed by atoms with van der Waals surface area (Å²) in [7, 11) is 1.15. The molecule has 1 aliphatic rings. The molecule has 0 saturated heterocycles. The molecule has 0 atom stereocenters. The van der Waals surface area contributed by atoms with E-state index in [1.54, 1.807) is 4.90 Å². The van der Waals surface area contributed by atoms with Crippen LogP contribution in [0.15, 0.2) is 18.2 Å². The van der Waals surface area contributed by atoms with E-state index in [4.69, 9.17) is 0 Å². The molecule has 1 aromatic carbocycles. The SMILES string of the molecule is COc1c(F)cc(C(=O)NCc2cc3n(n2)CCCN(C(C)=O)C3)cc1F. The topological polar surface area (TPSA) is 76.5 Å². The number of amides is 2. The van der Waals surface area contributed by atoms with E-state index in [0.29, 0.717) is 25.3 Å². The largest absolute Gasteiger partial charge is 0.491 e. The summed E-state index contributed by atoms with van der Waals surface area (Å²) in [4.78, 5) is 25.5.